The molecule has 76 heavy (non-hydrogen) atoms. The van der Waals surface area contributed by atoms with Gasteiger partial charge >= 0.3 is 12.1 Å². The minimum Gasteiger partial charge on any atom is -0.448 e. The molecule has 4 heterocycles. The van der Waals surface area contributed by atoms with Gasteiger partial charge in [0.05, 0.1) is 0 Å². The number of pyridine rings is 1. The van der Waals surface area contributed by atoms with Gasteiger partial charge in [0.25, 0.3) is 11.8 Å². The average Bonchev–Trinajstić information content (AvgIpc) is 3.77. The van der Waals surface area contributed by atoms with E-state index in [1.54, 1.807) is 39.2 Å². The summed E-state index contributed by atoms with van der Waals surface area (Å²) in [6.07, 6.45) is 1.84. The fraction of sp³-hybridized carbons (Fsp3) is 0.211. The molecule has 0 radical (unpaired) electrons. The minimum absolute atomic E-state index is 0.00887. The summed E-state index contributed by atoms with van der Waals surface area (Å²) in [5.74, 6) is -1.31. The van der Waals surface area contributed by atoms with Crippen LogP contribution in [0.25, 0.3) is 0 Å². The number of alkyl carbamates (subject to hydrolysis) is 1. The van der Waals surface area contributed by atoms with Crippen molar-refractivity contribution in [3.05, 3.63) is 224 Å². The molecule has 0 spiro atoms. The SMILES string of the molecule is CCSC(NC(=O)OC(C)(C)C)c1cnccc1SC1=C(C(=O)OC(c2ccccc2)c2ccccc2)N2C(=O)[C@@H](NC(=O)/C(=N\OC(c3ccccc3)(c3ccccc3)c3ccccc3)c3nc(N)sc3Cl)[C@@H]2SC1. The van der Waals surface area contributed by atoms with Gasteiger partial charge in [-0.2, -0.15) is 0 Å². The van der Waals surface area contributed by atoms with Crippen molar-refractivity contribution in [1.29, 1.82) is 0 Å². The van der Waals surface area contributed by atoms with Crippen molar-refractivity contribution in [3.8, 4) is 0 Å². The second-order valence-electron chi connectivity index (χ2n) is 18.2. The number of halogens is 1. The number of amides is 3. The van der Waals surface area contributed by atoms with E-state index in [9.17, 15) is 14.4 Å². The normalized spacial score (nSPS) is 16.1. The Morgan fingerprint density at radius 1 is 0.842 bits per heavy atom. The van der Waals surface area contributed by atoms with Crippen LogP contribution in [0.4, 0.5) is 9.93 Å². The number of benzene rings is 5. The molecule has 3 amide bonds. The van der Waals surface area contributed by atoms with Gasteiger partial charge in [0.1, 0.15) is 38.1 Å². The summed E-state index contributed by atoms with van der Waals surface area (Å²) in [6.45, 7) is 7.34. The molecule has 19 heteroatoms. The second-order valence-corrected chi connectivity index (χ2v) is 23.5. The van der Waals surface area contributed by atoms with E-state index >= 15 is 4.79 Å². The molecule has 14 nitrogen and oxygen atoms in total. The summed E-state index contributed by atoms with van der Waals surface area (Å²) < 4.78 is 12.2. The number of carbonyl (C=O) groups excluding carboxylic acids is 4. The molecule has 5 aromatic carbocycles. The first-order valence-electron chi connectivity index (χ1n) is 24.1. The molecule has 1 fully saturated rings. The molecule has 7 aromatic rings. The van der Waals surface area contributed by atoms with Gasteiger partial charge in [-0.15, -0.1) is 23.5 Å². The molecule has 2 aliphatic heterocycles. The number of carbonyl (C=O) groups is 4. The number of nitrogens with one attached hydrogen (secondary N) is 2. The molecule has 3 atom stereocenters. The Bertz CT molecular complexity index is 3120. The molecule has 0 bridgehead atoms. The van der Waals surface area contributed by atoms with Gasteiger partial charge in [-0.1, -0.05) is 198 Å². The number of thiazole rings is 1. The lowest BCUT2D eigenvalue weighted by Crippen LogP contribution is -2.71. The third kappa shape index (κ3) is 11.8. The molecule has 1 unspecified atom stereocenters. The average molecular weight is 1110 g/mol. The van der Waals surface area contributed by atoms with Crippen LogP contribution in [0.5, 0.6) is 0 Å². The van der Waals surface area contributed by atoms with Crippen LogP contribution in [0, 0.1) is 0 Å². The molecule has 0 saturated carbocycles. The first-order valence-corrected chi connectivity index (χ1v) is 28.2. The van der Waals surface area contributed by atoms with E-state index in [1.165, 1.54) is 40.2 Å². The van der Waals surface area contributed by atoms with Crippen LogP contribution < -0.4 is 16.4 Å². The number of nitrogens with two attached hydrogens (primary N) is 1. The Hall–Kier alpha value is -7.09. The zero-order chi connectivity index (χ0) is 53.4. The van der Waals surface area contributed by atoms with E-state index < -0.39 is 58.0 Å². The predicted molar refractivity (Wildman–Crippen MR) is 302 cm³/mol. The van der Waals surface area contributed by atoms with Crippen molar-refractivity contribution in [3.63, 3.8) is 0 Å². The lowest BCUT2D eigenvalue weighted by Gasteiger charge is -2.49. The first-order chi connectivity index (χ1) is 36.8. The monoisotopic (exact) mass is 1110 g/mol. The second kappa shape index (κ2) is 23.8. The van der Waals surface area contributed by atoms with Crippen molar-refractivity contribution in [2.24, 2.45) is 5.16 Å². The Morgan fingerprint density at radius 3 is 1.91 bits per heavy atom. The van der Waals surface area contributed by atoms with E-state index in [4.69, 9.17) is 31.6 Å². The topological polar surface area (TPSA) is 187 Å². The highest BCUT2D eigenvalue weighted by Gasteiger charge is 2.55. The van der Waals surface area contributed by atoms with E-state index in [0.29, 0.717) is 48.9 Å². The van der Waals surface area contributed by atoms with Crippen LogP contribution in [-0.2, 0) is 34.3 Å². The number of hydrogen-bond acceptors (Lipinski definition) is 15. The van der Waals surface area contributed by atoms with Crippen LogP contribution in [0.3, 0.4) is 0 Å². The number of hydrogen-bond donors (Lipinski definition) is 3. The minimum atomic E-state index is -1.40. The summed E-state index contributed by atoms with van der Waals surface area (Å²) in [5, 5.41) is 9.23. The van der Waals surface area contributed by atoms with Gasteiger partial charge in [0, 0.05) is 50.2 Å². The van der Waals surface area contributed by atoms with Gasteiger partial charge in [-0.25, -0.2) is 14.6 Å². The van der Waals surface area contributed by atoms with Gasteiger partial charge in [0.2, 0.25) is 5.60 Å². The fourth-order valence-electron chi connectivity index (χ4n) is 8.67. The van der Waals surface area contributed by atoms with E-state index in [-0.39, 0.29) is 32.3 Å². The summed E-state index contributed by atoms with van der Waals surface area (Å²) in [4.78, 5) is 76.3. The molecule has 9 rings (SSSR count). The highest BCUT2D eigenvalue weighted by molar-refractivity contribution is 8.06. The third-order valence-electron chi connectivity index (χ3n) is 12.0. The number of fused-ring (bicyclic) bond motifs is 1. The van der Waals surface area contributed by atoms with Crippen molar-refractivity contribution in [2.45, 2.75) is 66.7 Å². The predicted octanol–water partition coefficient (Wildman–Crippen LogP) is 11.5. The Balaban J connectivity index is 1.08. The highest BCUT2D eigenvalue weighted by Crippen LogP contribution is 2.48. The smallest absolute Gasteiger partial charge is 0.408 e. The standard InChI is InChI=1S/C57H52ClN7O7S4/c1-5-73-50(63-55(69)71-56(2,3)4)40-33-60-32-31-41(40)75-42-34-74-52-45(51(67)65(52)46(42)53(68)70-47(35-21-11-6-12-22-35)36-23-13-7-14-24-36)61-49(66)44(43-48(58)76-54(59)62-43)64-72-57(37-25-15-8-16-26-37,38-27-17-9-18-28-38)39-29-19-10-20-30-39/h6-33,45,47,50,52H,5,34H2,1-4H3,(H2,59,62)(H,61,66)(H,63,69)/b64-44-/t45-,50?,52+/m1/s1. The number of β-lactam (4-membered cyclic amide) rings is 1. The van der Waals surface area contributed by atoms with Crippen LogP contribution in [0.1, 0.15) is 78.2 Å². The maximum Gasteiger partial charge on any atom is 0.408 e. The van der Waals surface area contributed by atoms with Crippen molar-refractivity contribution >= 4 is 92.9 Å². The van der Waals surface area contributed by atoms with E-state index in [0.717, 1.165) is 11.3 Å². The van der Waals surface area contributed by atoms with E-state index in [2.05, 4.69) is 25.8 Å². The number of ether oxygens (including phenoxy) is 2. The Morgan fingerprint density at radius 2 is 1.39 bits per heavy atom. The zero-order valence-electron chi connectivity index (χ0n) is 41.6. The summed E-state index contributed by atoms with van der Waals surface area (Å²) >= 11 is 11.8. The summed E-state index contributed by atoms with van der Waals surface area (Å²) in [7, 11) is 0. The lowest BCUT2D eigenvalue weighted by atomic mass is 9.80. The fourth-order valence-corrected chi connectivity index (χ4v) is 13.1. The number of rotatable bonds is 18. The highest BCUT2D eigenvalue weighted by atomic mass is 35.5. The van der Waals surface area contributed by atoms with E-state index in [1.807, 2.05) is 159 Å². The van der Waals surface area contributed by atoms with Crippen molar-refractivity contribution < 1.29 is 33.5 Å². The number of thioether (sulfide) groups is 3. The molecule has 388 valence electrons. The van der Waals surface area contributed by atoms with Gasteiger partial charge in [0.15, 0.2) is 16.9 Å². The molecule has 0 aliphatic carbocycles. The number of aromatic nitrogens is 2. The summed E-state index contributed by atoms with van der Waals surface area (Å²) in [5.41, 5.74) is 7.90. The first kappa shape index (κ1) is 53.7. The largest absolute Gasteiger partial charge is 0.448 e. The van der Waals surface area contributed by atoms with Gasteiger partial charge in [-0.3, -0.25) is 19.5 Å². The zero-order valence-corrected chi connectivity index (χ0v) is 45.6. The summed E-state index contributed by atoms with van der Waals surface area (Å²) in [6, 6.07) is 47.8. The Labute approximate surface area is 462 Å². The quantitative estimate of drug-likeness (QED) is 0.0184. The number of nitrogens with zero attached hydrogens (tertiary/aromatic N) is 4. The molecular formula is C57H52ClN7O7S4. The molecule has 2 aromatic heterocycles. The number of nitrogen functional groups attached to an aromatic ring is 1. The van der Waals surface area contributed by atoms with Crippen LogP contribution in [0.15, 0.2) is 191 Å². The van der Waals surface area contributed by atoms with Gasteiger partial charge < -0.3 is 30.7 Å². The van der Waals surface area contributed by atoms with Crippen LogP contribution in [0.2, 0.25) is 4.34 Å². The maximum atomic E-state index is 15.1. The number of esters is 1. The third-order valence-corrected chi connectivity index (χ3v) is 16.8. The van der Waals surface area contributed by atoms with Gasteiger partial charge in [-0.05, 0) is 43.7 Å². The van der Waals surface area contributed by atoms with Crippen molar-refractivity contribution in [1.82, 2.24) is 25.5 Å². The molecule has 2 aliphatic rings. The molecule has 1 saturated heterocycles. The lowest BCUT2D eigenvalue weighted by molar-refractivity contribution is -0.154. The number of oxime groups is 1. The Kier molecular flexibility index (Phi) is 16.9. The van der Waals surface area contributed by atoms with Crippen molar-refractivity contribution in [2.75, 3.05) is 17.2 Å². The maximum absolute atomic E-state index is 15.1. The van der Waals surface area contributed by atoms with Crippen LogP contribution >= 0.6 is 58.2 Å². The molecule has 4 N–H and O–H groups in total. The number of anilines is 1. The van der Waals surface area contributed by atoms with Crippen LogP contribution in [-0.4, -0.2) is 73.0 Å². The molecular weight excluding hydrogens is 1060 g/mol.